The Labute approximate surface area is 101 Å². The second kappa shape index (κ2) is 5.48. The van der Waals surface area contributed by atoms with Crippen molar-refractivity contribution in [2.45, 2.75) is 32.3 Å². The number of ether oxygens (including phenoxy) is 3. The molecule has 1 heterocycles. The molecular weight excluding hydrogens is 224 g/mol. The van der Waals surface area contributed by atoms with Crippen LogP contribution in [0.15, 0.2) is 6.20 Å². The first-order chi connectivity index (χ1) is 8.02. The van der Waals surface area contributed by atoms with Crippen molar-refractivity contribution in [3.8, 4) is 5.75 Å². The molecule has 0 aliphatic heterocycles. The third-order valence-corrected chi connectivity index (χ3v) is 2.69. The van der Waals surface area contributed by atoms with Gasteiger partial charge in [0.1, 0.15) is 5.69 Å². The summed E-state index contributed by atoms with van der Waals surface area (Å²) in [6, 6.07) is 0. The van der Waals surface area contributed by atoms with Crippen molar-refractivity contribution in [2.75, 3.05) is 21.3 Å². The van der Waals surface area contributed by atoms with Crippen LogP contribution in [-0.4, -0.2) is 42.5 Å². The van der Waals surface area contributed by atoms with Crippen LogP contribution in [0.25, 0.3) is 0 Å². The standard InChI is InChI=1S/C11H20N2O4/c1-6-13-9(8(15-3)7-12-13)11(2,14)10(16-4)17-5/h7,10,14H,6H2,1-5H3. The summed E-state index contributed by atoms with van der Waals surface area (Å²) in [6.07, 6.45) is 0.772. The van der Waals surface area contributed by atoms with E-state index in [1.54, 1.807) is 17.8 Å². The van der Waals surface area contributed by atoms with Crippen molar-refractivity contribution in [1.29, 1.82) is 0 Å². The second-order valence-electron chi connectivity index (χ2n) is 3.83. The lowest BCUT2D eigenvalue weighted by atomic mass is 10.0. The summed E-state index contributed by atoms with van der Waals surface area (Å²) < 4.78 is 17.1. The van der Waals surface area contributed by atoms with E-state index in [1.807, 2.05) is 6.92 Å². The molecule has 1 aromatic rings. The number of hydrogen-bond acceptors (Lipinski definition) is 5. The first-order valence-corrected chi connectivity index (χ1v) is 5.41. The number of methoxy groups -OCH3 is 3. The van der Waals surface area contributed by atoms with Crippen LogP contribution in [0.4, 0.5) is 0 Å². The lowest BCUT2D eigenvalue weighted by molar-refractivity contribution is -0.216. The van der Waals surface area contributed by atoms with E-state index in [-0.39, 0.29) is 0 Å². The number of rotatable bonds is 6. The third kappa shape index (κ3) is 2.43. The molecule has 6 heteroatoms. The molecule has 0 fully saturated rings. The highest BCUT2D eigenvalue weighted by Crippen LogP contribution is 2.33. The van der Waals surface area contributed by atoms with Crippen LogP contribution in [0, 0.1) is 0 Å². The fourth-order valence-corrected chi connectivity index (χ4v) is 1.93. The van der Waals surface area contributed by atoms with Crippen molar-refractivity contribution < 1.29 is 19.3 Å². The van der Waals surface area contributed by atoms with E-state index >= 15 is 0 Å². The molecule has 0 aliphatic rings. The Morgan fingerprint density at radius 2 is 2.00 bits per heavy atom. The molecule has 1 rings (SSSR count). The molecular formula is C11H20N2O4. The van der Waals surface area contributed by atoms with Crippen LogP contribution in [-0.2, 0) is 21.6 Å². The summed E-state index contributed by atoms with van der Waals surface area (Å²) in [5.41, 5.74) is -0.808. The molecule has 6 nitrogen and oxygen atoms in total. The Kier molecular flexibility index (Phi) is 4.50. The van der Waals surface area contributed by atoms with Gasteiger partial charge in [-0.05, 0) is 13.8 Å². The summed E-state index contributed by atoms with van der Waals surface area (Å²) in [6.45, 7) is 4.16. The van der Waals surface area contributed by atoms with Gasteiger partial charge in [-0.3, -0.25) is 4.68 Å². The normalized spacial score (nSPS) is 15.0. The van der Waals surface area contributed by atoms with Crippen LogP contribution in [0.2, 0.25) is 0 Å². The predicted molar refractivity (Wildman–Crippen MR) is 61.8 cm³/mol. The van der Waals surface area contributed by atoms with Gasteiger partial charge < -0.3 is 19.3 Å². The fourth-order valence-electron chi connectivity index (χ4n) is 1.93. The summed E-state index contributed by atoms with van der Waals surface area (Å²) in [4.78, 5) is 0. The molecule has 0 amide bonds. The zero-order chi connectivity index (χ0) is 13.1. The molecule has 0 saturated heterocycles. The SMILES string of the molecule is CCn1ncc(OC)c1C(C)(O)C(OC)OC. The van der Waals surface area contributed by atoms with Crippen molar-refractivity contribution in [3.63, 3.8) is 0 Å². The zero-order valence-electron chi connectivity index (χ0n) is 10.9. The van der Waals surface area contributed by atoms with E-state index in [0.29, 0.717) is 18.0 Å². The van der Waals surface area contributed by atoms with E-state index in [9.17, 15) is 5.11 Å². The topological polar surface area (TPSA) is 65.7 Å². The minimum atomic E-state index is -1.35. The maximum Gasteiger partial charge on any atom is 0.191 e. The van der Waals surface area contributed by atoms with Gasteiger partial charge in [0.05, 0.1) is 13.3 Å². The maximum atomic E-state index is 10.6. The third-order valence-electron chi connectivity index (χ3n) is 2.69. The van der Waals surface area contributed by atoms with E-state index in [1.165, 1.54) is 21.3 Å². The summed E-state index contributed by atoms with van der Waals surface area (Å²) in [5.74, 6) is 0.510. The van der Waals surface area contributed by atoms with Crippen LogP contribution < -0.4 is 4.74 Å². The molecule has 0 radical (unpaired) electrons. The van der Waals surface area contributed by atoms with Gasteiger partial charge in [0.25, 0.3) is 0 Å². The Bertz CT molecular complexity index is 337. The predicted octanol–water partition coefficient (Wildman–Crippen LogP) is 0.738. The quantitative estimate of drug-likeness (QED) is 0.748. The summed E-state index contributed by atoms with van der Waals surface area (Å²) in [5, 5.41) is 14.7. The molecule has 0 spiro atoms. The molecule has 1 unspecified atom stereocenters. The molecule has 0 aromatic carbocycles. The molecule has 1 N–H and O–H groups in total. The average molecular weight is 244 g/mol. The zero-order valence-corrected chi connectivity index (χ0v) is 10.9. The summed E-state index contributed by atoms with van der Waals surface area (Å²) >= 11 is 0. The van der Waals surface area contributed by atoms with Gasteiger partial charge in [0, 0.05) is 20.8 Å². The highest BCUT2D eigenvalue weighted by Gasteiger charge is 2.40. The van der Waals surface area contributed by atoms with Gasteiger partial charge in [-0.25, -0.2) is 0 Å². The van der Waals surface area contributed by atoms with E-state index in [2.05, 4.69) is 5.10 Å². The highest BCUT2D eigenvalue weighted by atomic mass is 16.7. The molecule has 0 aliphatic carbocycles. The average Bonchev–Trinajstić information content (AvgIpc) is 2.73. The number of aryl methyl sites for hydroxylation is 1. The van der Waals surface area contributed by atoms with Gasteiger partial charge >= 0.3 is 0 Å². The molecule has 98 valence electrons. The van der Waals surface area contributed by atoms with Crippen LogP contribution in [0.3, 0.4) is 0 Å². The monoisotopic (exact) mass is 244 g/mol. The lowest BCUT2D eigenvalue weighted by Crippen LogP contribution is -2.41. The van der Waals surface area contributed by atoms with Crippen molar-refractivity contribution in [2.24, 2.45) is 0 Å². The van der Waals surface area contributed by atoms with Gasteiger partial charge in [0.2, 0.25) is 0 Å². The Hall–Kier alpha value is -1.11. The Morgan fingerprint density at radius 1 is 1.41 bits per heavy atom. The van der Waals surface area contributed by atoms with Crippen LogP contribution >= 0.6 is 0 Å². The maximum absolute atomic E-state index is 10.6. The largest absolute Gasteiger partial charge is 0.493 e. The molecule has 17 heavy (non-hydrogen) atoms. The Morgan fingerprint density at radius 3 is 2.41 bits per heavy atom. The fraction of sp³-hybridized carbons (Fsp3) is 0.727. The molecule has 1 aromatic heterocycles. The number of aromatic nitrogens is 2. The van der Waals surface area contributed by atoms with Crippen LogP contribution in [0.1, 0.15) is 19.5 Å². The minimum absolute atomic E-state index is 0.510. The van der Waals surface area contributed by atoms with Gasteiger partial charge in [0.15, 0.2) is 17.6 Å². The molecule has 1 atom stereocenters. The second-order valence-corrected chi connectivity index (χ2v) is 3.83. The van der Waals surface area contributed by atoms with Gasteiger partial charge in [-0.15, -0.1) is 0 Å². The first kappa shape index (κ1) is 14.0. The lowest BCUT2D eigenvalue weighted by Gasteiger charge is -2.31. The van der Waals surface area contributed by atoms with Crippen molar-refractivity contribution >= 4 is 0 Å². The first-order valence-electron chi connectivity index (χ1n) is 5.41. The van der Waals surface area contributed by atoms with E-state index in [0.717, 1.165) is 0 Å². The van der Waals surface area contributed by atoms with E-state index < -0.39 is 11.9 Å². The van der Waals surface area contributed by atoms with Crippen molar-refractivity contribution in [1.82, 2.24) is 9.78 Å². The number of aliphatic hydroxyl groups is 1. The smallest absolute Gasteiger partial charge is 0.191 e. The number of nitrogens with zero attached hydrogens (tertiary/aromatic N) is 2. The minimum Gasteiger partial charge on any atom is -0.493 e. The van der Waals surface area contributed by atoms with E-state index in [4.69, 9.17) is 14.2 Å². The molecule has 0 bridgehead atoms. The highest BCUT2D eigenvalue weighted by molar-refractivity contribution is 5.31. The Balaban J connectivity index is 3.24. The van der Waals surface area contributed by atoms with Crippen LogP contribution in [0.5, 0.6) is 5.75 Å². The van der Waals surface area contributed by atoms with Crippen molar-refractivity contribution in [3.05, 3.63) is 11.9 Å². The molecule has 0 saturated carbocycles. The summed E-state index contributed by atoms with van der Waals surface area (Å²) in [7, 11) is 4.48. The van der Waals surface area contributed by atoms with Gasteiger partial charge in [-0.2, -0.15) is 5.10 Å². The van der Waals surface area contributed by atoms with Gasteiger partial charge in [-0.1, -0.05) is 0 Å². The number of hydrogen-bond donors (Lipinski definition) is 1.